The third-order valence-electron chi connectivity index (χ3n) is 12.4. The molecule has 1 spiro atoms. The Kier molecular flexibility index (Phi) is 13.2. The van der Waals surface area contributed by atoms with E-state index >= 15 is 4.79 Å². The van der Waals surface area contributed by atoms with E-state index in [1.807, 2.05) is 52.8 Å². The first-order valence-corrected chi connectivity index (χ1v) is 20.2. The molecule has 1 saturated carbocycles. The molecule has 1 aromatic rings. The second kappa shape index (κ2) is 17.2. The summed E-state index contributed by atoms with van der Waals surface area (Å²) in [5.74, 6) is -3.62. The minimum absolute atomic E-state index is 0.0628. The number of aliphatic hydroxyl groups is 1. The zero-order valence-electron chi connectivity index (χ0n) is 35.7. The maximum atomic E-state index is 16.1. The number of hydrogen-bond donors (Lipinski definition) is 2. The molecule has 2 N–H and O–H groups in total. The molecule has 1 aromatic carbocycles. The lowest BCUT2D eigenvalue weighted by atomic mass is 9.46. The summed E-state index contributed by atoms with van der Waals surface area (Å²) in [5, 5.41) is 33.2. The highest BCUT2D eigenvalue weighted by molar-refractivity contribution is 6.08. The molecule has 0 bridgehead atoms. The van der Waals surface area contributed by atoms with Crippen LogP contribution in [0, 0.1) is 45.8 Å². The number of allylic oxidation sites excluding steroid dienone is 4. The number of carbonyl (C=O) groups is 3. The number of fused-ring (bicyclic) bond motifs is 2. The van der Waals surface area contributed by atoms with Crippen molar-refractivity contribution in [1.82, 2.24) is 5.32 Å². The molecule has 5 rings (SSSR count). The molecule has 4 aliphatic rings. The number of nitriles is 2. The number of carbonyl (C=O) groups excluding carboxylic acids is 3. The van der Waals surface area contributed by atoms with Gasteiger partial charge in [-0.2, -0.15) is 10.5 Å². The van der Waals surface area contributed by atoms with Crippen molar-refractivity contribution >= 4 is 23.6 Å². The number of ether oxygens (including phenoxy) is 5. The van der Waals surface area contributed by atoms with Crippen LogP contribution in [-0.4, -0.2) is 79.0 Å². The van der Waals surface area contributed by atoms with E-state index in [-0.39, 0.29) is 54.5 Å². The number of hydrogen-bond acceptors (Lipinski definition) is 12. The van der Waals surface area contributed by atoms with E-state index in [9.17, 15) is 25.2 Å². The molecule has 12 heteroatoms. The number of ketones is 2. The molecule has 1 aliphatic carbocycles. The summed E-state index contributed by atoms with van der Waals surface area (Å²) < 4.78 is 32.5. The molecule has 0 amide bonds. The van der Waals surface area contributed by atoms with Crippen molar-refractivity contribution in [2.45, 2.75) is 117 Å². The summed E-state index contributed by atoms with van der Waals surface area (Å²) in [5.41, 5.74) is -1.14. The first-order valence-electron chi connectivity index (χ1n) is 20.2. The van der Waals surface area contributed by atoms with Gasteiger partial charge in [-0.25, -0.2) is 4.79 Å². The predicted molar refractivity (Wildman–Crippen MR) is 218 cm³/mol. The number of rotatable bonds is 16. The van der Waals surface area contributed by atoms with Crippen LogP contribution in [0.2, 0.25) is 0 Å². The zero-order valence-corrected chi connectivity index (χ0v) is 35.7. The summed E-state index contributed by atoms with van der Waals surface area (Å²) in [6, 6.07) is 4.23. The SMILES string of the molecule is COC(=O)C(C)=CCC12OC(C)(C)C13C(CC2=O)Oc1c(CC=C(C)C)c2c(c(OCCNCCO)c1C(=O)C3C(C)C(C#N)C#N)C=CC(C)(CCC=C(C)C)O2. The lowest BCUT2D eigenvalue weighted by Gasteiger charge is -2.68. The van der Waals surface area contributed by atoms with Gasteiger partial charge in [0.25, 0.3) is 0 Å². The number of aliphatic hydroxyl groups excluding tert-OH is 1. The van der Waals surface area contributed by atoms with Crippen molar-refractivity contribution < 1.29 is 43.2 Å². The third-order valence-corrected chi connectivity index (χ3v) is 12.4. The monoisotopic (exact) mass is 797 g/mol. The van der Waals surface area contributed by atoms with Crippen LogP contribution in [0.25, 0.3) is 6.08 Å². The third kappa shape index (κ3) is 7.51. The lowest BCUT2D eigenvalue weighted by Crippen LogP contribution is -2.80. The second-order valence-corrected chi connectivity index (χ2v) is 17.2. The Labute approximate surface area is 342 Å². The van der Waals surface area contributed by atoms with E-state index in [1.165, 1.54) is 12.7 Å². The Hall–Kier alpha value is -4.75. The van der Waals surface area contributed by atoms with Crippen LogP contribution in [0.4, 0.5) is 0 Å². The van der Waals surface area contributed by atoms with Crippen LogP contribution in [0.5, 0.6) is 17.2 Å². The fraction of sp³-hybridized carbons (Fsp3) is 0.587. The second-order valence-electron chi connectivity index (χ2n) is 17.2. The van der Waals surface area contributed by atoms with Gasteiger partial charge in [0.15, 0.2) is 11.6 Å². The summed E-state index contributed by atoms with van der Waals surface area (Å²) in [7, 11) is 1.27. The molecular formula is C46H59N3O9. The van der Waals surface area contributed by atoms with E-state index in [4.69, 9.17) is 23.7 Å². The highest BCUT2D eigenvalue weighted by Gasteiger charge is 2.85. The lowest BCUT2D eigenvalue weighted by molar-refractivity contribution is -0.370. The Bertz CT molecular complexity index is 2010. The van der Waals surface area contributed by atoms with Gasteiger partial charge in [-0.05, 0) is 92.7 Å². The van der Waals surface area contributed by atoms with E-state index in [0.717, 1.165) is 12.0 Å². The van der Waals surface area contributed by atoms with Gasteiger partial charge in [0.2, 0.25) is 0 Å². The van der Waals surface area contributed by atoms with Crippen LogP contribution in [0.3, 0.4) is 0 Å². The number of nitrogens with one attached hydrogen (secondary N) is 1. The first-order chi connectivity index (χ1) is 27.4. The van der Waals surface area contributed by atoms with Gasteiger partial charge in [0, 0.05) is 43.0 Å². The van der Waals surface area contributed by atoms with E-state index in [0.29, 0.717) is 42.8 Å². The smallest absolute Gasteiger partial charge is 0.333 e. The van der Waals surface area contributed by atoms with Crippen LogP contribution in [0.15, 0.2) is 41.0 Å². The van der Waals surface area contributed by atoms with Crippen LogP contribution in [0.1, 0.15) is 109 Å². The minimum Gasteiger partial charge on any atom is -0.491 e. The van der Waals surface area contributed by atoms with Gasteiger partial charge in [0.05, 0.1) is 42.4 Å². The van der Waals surface area contributed by atoms with Crippen LogP contribution in [-0.2, 0) is 25.5 Å². The topological polar surface area (TPSA) is 177 Å². The minimum atomic E-state index is -1.64. The van der Waals surface area contributed by atoms with Crippen molar-refractivity contribution in [3.05, 3.63) is 57.7 Å². The van der Waals surface area contributed by atoms with Gasteiger partial charge in [-0.1, -0.05) is 36.3 Å². The molecule has 0 radical (unpaired) electrons. The summed E-state index contributed by atoms with van der Waals surface area (Å²) in [6.07, 6.45) is 10.4. The molecule has 312 valence electrons. The number of methoxy groups -OCH3 is 1. The van der Waals surface area contributed by atoms with Gasteiger partial charge >= 0.3 is 5.97 Å². The quantitative estimate of drug-likeness (QED) is 0.0764. The Morgan fingerprint density at radius 1 is 1.05 bits per heavy atom. The molecule has 0 aromatic heterocycles. The van der Waals surface area contributed by atoms with Crippen molar-refractivity contribution in [2.75, 3.05) is 33.4 Å². The number of benzene rings is 1. The summed E-state index contributed by atoms with van der Waals surface area (Å²) in [6.45, 7) is 17.8. The average Bonchev–Trinajstić information content (AvgIpc) is 3.27. The standard InChI is InChI=1S/C46H59N3O9/c1-27(2)12-11-17-44(9)18-16-33-39(57-44)32(14-13-28(3)4)41-36(40(33)55-23-21-49-20-22-50)38(52)37(30(6)31(25-47)26-48)46-35(56-41)24-34(51)45(46,58-43(46,7)8)19-15-29(5)42(53)54-10/h12-13,15-16,18,30-31,35,37,49-50H,11,14,17,19-24H2,1-10H3. The van der Waals surface area contributed by atoms with E-state index in [2.05, 4.69) is 37.4 Å². The van der Waals surface area contributed by atoms with Gasteiger partial charge in [-0.15, -0.1) is 0 Å². The van der Waals surface area contributed by atoms with Gasteiger partial charge in [0.1, 0.15) is 52.6 Å². The largest absolute Gasteiger partial charge is 0.491 e. The van der Waals surface area contributed by atoms with Crippen molar-refractivity contribution in [3.63, 3.8) is 0 Å². The fourth-order valence-electron chi connectivity index (χ4n) is 9.67. The van der Waals surface area contributed by atoms with Crippen molar-refractivity contribution in [3.8, 4) is 29.4 Å². The molecule has 12 nitrogen and oxygen atoms in total. The Morgan fingerprint density at radius 3 is 2.34 bits per heavy atom. The van der Waals surface area contributed by atoms with Gasteiger partial charge in [-0.3, -0.25) is 9.59 Å². The number of nitrogens with zero attached hydrogens (tertiary/aromatic N) is 2. The maximum Gasteiger partial charge on any atom is 0.333 e. The summed E-state index contributed by atoms with van der Waals surface area (Å²) in [4.78, 5) is 43.3. The van der Waals surface area contributed by atoms with Crippen molar-refractivity contribution in [1.29, 1.82) is 10.5 Å². The first kappa shape index (κ1) is 44.4. The van der Waals surface area contributed by atoms with Crippen LogP contribution >= 0.6 is 0 Å². The molecular weight excluding hydrogens is 739 g/mol. The Balaban J connectivity index is 1.85. The van der Waals surface area contributed by atoms with E-state index < -0.39 is 57.8 Å². The highest BCUT2D eigenvalue weighted by atomic mass is 16.6. The maximum absolute atomic E-state index is 16.1. The van der Waals surface area contributed by atoms with Crippen LogP contribution < -0.4 is 19.5 Å². The molecule has 6 atom stereocenters. The fourth-order valence-corrected chi connectivity index (χ4v) is 9.67. The summed E-state index contributed by atoms with van der Waals surface area (Å²) >= 11 is 0. The molecule has 1 saturated heterocycles. The number of esters is 1. The van der Waals surface area contributed by atoms with E-state index in [1.54, 1.807) is 19.9 Å². The highest BCUT2D eigenvalue weighted by Crippen LogP contribution is 2.73. The normalized spacial score (nSPS) is 26.8. The predicted octanol–water partition coefficient (Wildman–Crippen LogP) is 6.94. The average molecular weight is 798 g/mol. The Morgan fingerprint density at radius 2 is 1.74 bits per heavy atom. The molecule has 2 fully saturated rings. The van der Waals surface area contributed by atoms with Crippen molar-refractivity contribution in [2.24, 2.45) is 23.2 Å². The number of Topliss-reactive ketones (excluding diaryl/α,β-unsaturated/α-hetero) is 2. The zero-order chi connectivity index (χ0) is 42.8. The molecule has 3 aliphatic heterocycles. The van der Waals surface area contributed by atoms with Gasteiger partial charge < -0.3 is 34.1 Å². The molecule has 58 heavy (non-hydrogen) atoms. The molecule has 6 unspecified atom stereocenters. The molecule has 3 heterocycles.